The maximum atomic E-state index is 12.1. The first-order valence-corrected chi connectivity index (χ1v) is 8.90. The minimum Gasteiger partial charge on any atom is -0.448 e. The van der Waals surface area contributed by atoms with Gasteiger partial charge in [-0.05, 0) is 43.8 Å². The van der Waals surface area contributed by atoms with Crippen LogP contribution in [-0.4, -0.2) is 55.2 Å². The molecule has 1 aliphatic heterocycles. The number of likely N-dealkylation sites (N-methyl/N-ethyl adjacent to an activating group) is 1. The number of hydrogen-bond donors (Lipinski definition) is 0. The Morgan fingerprint density at radius 2 is 1.83 bits per heavy atom. The summed E-state index contributed by atoms with van der Waals surface area (Å²) in [5, 5.41) is 0. The topological polar surface area (TPSA) is 32.8 Å². The summed E-state index contributed by atoms with van der Waals surface area (Å²) < 4.78 is 5.41. The van der Waals surface area contributed by atoms with E-state index in [0.29, 0.717) is 12.5 Å². The van der Waals surface area contributed by atoms with E-state index in [4.69, 9.17) is 4.74 Å². The lowest BCUT2D eigenvalue weighted by Gasteiger charge is -2.31. The average molecular weight is 318 g/mol. The van der Waals surface area contributed by atoms with Crippen molar-refractivity contribution in [3.63, 3.8) is 0 Å². The van der Waals surface area contributed by atoms with E-state index in [1.165, 1.54) is 5.56 Å². The summed E-state index contributed by atoms with van der Waals surface area (Å²) in [4.78, 5) is 16.2. The lowest BCUT2D eigenvalue weighted by Crippen LogP contribution is -2.40. The van der Waals surface area contributed by atoms with Gasteiger partial charge in [-0.2, -0.15) is 0 Å². The fourth-order valence-electron chi connectivity index (χ4n) is 3.16. The smallest absolute Gasteiger partial charge is 0.409 e. The molecule has 0 unspecified atom stereocenters. The second-order valence-electron chi connectivity index (χ2n) is 6.26. The monoisotopic (exact) mass is 318 g/mol. The average Bonchev–Trinajstić information content (AvgIpc) is 2.60. The molecule has 0 N–H and O–H groups in total. The summed E-state index contributed by atoms with van der Waals surface area (Å²) >= 11 is 0. The van der Waals surface area contributed by atoms with Crippen LogP contribution in [-0.2, 0) is 11.2 Å². The van der Waals surface area contributed by atoms with Gasteiger partial charge < -0.3 is 14.5 Å². The fourth-order valence-corrected chi connectivity index (χ4v) is 3.16. The summed E-state index contributed by atoms with van der Waals surface area (Å²) in [5.41, 5.74) is 1.40. The number of amides is 1. The highest BCUT2D eigenvalue weighted by Gasteiger charge is 2.23. The normalized spacial score (nSPS) is 15.9. The molecule has 2 rings (SSSR count). The number of nitrogens with zero attached hydrogens (tertiary/aromatic N) is 2. The molecule has 1 aromatic rings. The maximum absolute atomic E-state index is 12.1. The quantitative estimate of drug-likeness (QED) is 0.772. The van der Waals surface area contributed by atoms with Crippen molar-refractivity contribution in [1.29, 1.82) is 0 Å². The first kappa shape index (κ1) is 17.8. The molecule has 0 spiro atoms. The number of benzene rings is 1. The molecule has 0 bridgehead atoms. The number of piperidine rings is 1. The SMILES string of the molecule is CCN(CC)CCOC(=O)N1CCC(Cc2ccccc2)CC1. The Balaban J connectivity index is 1.66. The van der Waals surface area contributed by atoms with Crippen LogP contribution in [0.2, 0.25) is 0 Å². The van der Waals surface area contributed by atoms with E-state index in [0.717, 1.165) is 52.0 Å². The van der Waals surface area contributed by atoms with E-state index in [1.54, 1.807) is 0 Å². The molecule has 1 aliphatic rings. The van der Waals surface area contributed by atoms with Crippen LogP contribution in [0.1, 0.15) is 32.3 Å². The molecular weight excluding hydrogens is 288 g/mol. The van der Waals surface area contributed by atoms with Crippen molar-refractivity contribution in [2.24, 2.45) is 5.92 Å². The van der Waals surface area contributed by atoms with Gasteiger partial charge in [-0.15, -0.1) is 0 Å². The highest BCUT2D eigenvalue weighted by Crippen LogP contribution is 2.22. The van der Waals surface area contributed by atoms with Gasteiger partial charge in [0.25, 0.3) is 0 Å². The van der Waals surface area contributed by atoms with Gasteiger partial charge in [-0.3, -0.25) is 0 Å². The van der Waals surface area contributed by atoms with Crippen molar-refractivity contribution < 1.29 is 9.53 Å². The third-order valence-electron chi connectivity index (χ3n) is 4.77. The number of hydrogen-bond acceptors (Lipinski definition) is 3. The standard InChI is InChI=1S/C19H30N2O2/c1-3-20(4-2)14-15-23-19(22)21-12-10-18(11-13-21)16-17-8-6-5-7-9-17/h5-9,18H,3-4,10-16H2,1-2H3. The Kier molecular flexibility index (Phi) is 7.40. The van der Waals surface area contributed by atoms with Gasteiger partial charge in [0.1, 0.15) is 6.61 Å². The van der Waals surface area contributed by atoms with Crippen molar-refractivity contribution in [2.45, 2.75) is 33.1 Å². The Morgan fingerprint density at radius 3 is 2.43 bits per heavy atom. The molecule has 1 saturated heterocycles. The fraction of sp³-hybridized carbons (Fsp3) is 0.632. The van der Waals surface area contributed by atoms with Crippen molar-refractivity contribution in [3.05, 3.63) is 35.9 Å². The Bertz CT molecular complexity index is 452. The molecule has 0 radical (unpaired) electrons. The first-order chi connectivity index (χ1) is 11.2. The number of carbonyl (C=O) groups excluding carboxylic acids is 1. The number of carbonyl (C=O) groups is 1. The molecule has 1 heterocycles. The van der Waals surface area contributed by atoms with Crippen LogP contribution in [0.25, 0.3) is 0 Å². The van der Waals surface area contributed by atoms with Crippen LogP contribution in [0.4, 0.5) is 4.79 Å². The Morgan fingerprint density at radius 1 is 1.17 bits per heavy atom. The van der Waals surface area contributed by atoms with Crippen LogP contribution in [0.3, 0.4) is 0 Å². The van der Waals surface area contributed by atoms with Gasteiger partial charge in [-0.25, -0.2) is 4.79 Å². The highest BCUT2D eigenvalue weighted by molar-refractivity contribution is 5.67. The van der Waals surface area contributed by atoms with Gasteiger partial charge in [0.05, 0.1) is 0 Å². The van der Waals surface area contributed by atoms with E-state index in [2.05, 4.69) is 49.1 Å². The second kappa shape index (κ2) is 9.56. The van der Waals surface area contributed by atoms with E-state index in [9.17, 15) is 4.79 Å². The zero-order chi connectivity index (χ0) is 16.5. The van der Waals surface area contributed by atoms with Gasteiger partial charge in [0.15, 0.2) is 0 Å². The molecular formula is C19H30N2O2. The zero-order valence-electron chi connectivity index (χ0n) is 14.5. The van der Waals surface area contributed by atoms with Crippen LogP contribution in [0, 0.1) is 5.92 Å². The molecule has 23 heavy (non-hydrogen) atoms. The molecule has 4 nitrogen and oxygen atoms in total. The van der Waals surface area contributed by atoms with Crippen LogP contribution < -0.4 is 0 Å². The molecule has 128 valence electrons. The third-order valence-corrected chi connectivity index (χ3v) is 4.77. The molecule has 4 heteroatoms. The molecule has 1 aromatic carbocycles. The summed E-state index contributed by atoms with van der Waals surface area (Å²) in [6.45, 7) is 9.21. The largest absolute Gasteiger partial charge is 0.448 e. The molecule has 0 saturated carbocycles. The van der Waals surface area contributed by atoms with Crippen LogP contribution in [0.5, 0.6) is 0 Å². The van der Waals surface area contributed by atoms with E-state index >= 15 is 0 Å². The number of ether oxygens (including phenoxy) is 1. The van der Waals surface area contributed by atoms with Crippen molar-refractivity contribution in [2.75, 3.05) is 39.3 Å². The number of likely N-dealkylation sites (tertiary alicyclic amines) is 1. The first-order valence-electron chi connectivity index (χ1n) is 8.90. The van der Waals surface area contributed by atoms with Crippen molar-refractivity contribution >= 4 is 6.09 Å². The molecule has 0 aliphatic carbocycles. The minimum absolute atomic E-state index is 0.143. The van der Waals surface area contributed by atoms with Crippen LogP contribution >= 0.6 is 0 Å². The van der Waals surface area contributed by atoms with Crippen LogP contribution in [0.15, 0.2) is 30.3 Å². The molecule has 0 aromatic heterocycles. The summed E-state index contributed by atoms with van der Waals surface area (Å²) in [6.07, 6.45) is 3.11. The lowest BCUT2D eigenvalue weighted by atomic mass is 9.90. The maximum Gasteiger partial charge on any atom is 0.409 e. The van der Waals surface area contributed by atoms with Gasteiger partial charge in [-0.1, -0.05) is 44.2 Å². The predicted molar refractivity (Wildman–Crippen MR) is 93.6 cm³/mol. The summed E-state index contributed by atoms with van der Waals surface area (Å²) in [6, 6.07) is 10.6. The second-order valence-corrected chi connectivity index (χ2v) is 6.26. The summed E-state index contributed by atoms with van der Waals surface area (Å²) in [5.74, 6) is 0.678. The third kappa shape index (κ3) is 5.87. The highest BCUT2D eigenvalue weighted by atomic mass is 16.6. The minimum atomic E-state index is -0.143. The van der Waals surface area contributed by atoms with Crippen molar-refractivity contribution in [1.82, 2.24) is 9.80 Å². The summed E-state index contributed by atoms with van der Waals surface area (Å²) in [7, 11) is 0. The van der Waals surface area contributed by atoms with E-state index in [-0.39, 0.29) is 6.09 Å². The molecule has 1 amide bonds. The Labute approximate surface area is 140 Å². The molecule has 0 atom stereocenters. The van der Waals surface area contributed by atoms with Gasteiger partial charge in [0.2, 0.25) is 0 Å². The van der Waals surface area contributed by atoms with Gasteiger partial charge in [0, 0.05) is 19.6 Å². The van der Waals surface area contributed by atoms with E-state index < -0.39 is 0 Å². The van der Waals surface area contributed by atoms with E-state index in [1.807, 2.05) is 4.90 Å². The number of rotatable bonds is 7. The predicted octanol–water partition coefficient (Wildman–Crippen LogP) is 3.42. The van der Waals surface area contributed by atoms with Crippen molar-refractivity contribution in [3.8, 4) is 0 Å². The zero-order valence-corrected chi connectivity index (χ0v) is 14.5. The lowest BCUT2D eigenvalue weighted by molar-refractivity contribution is 0.0792. The Hall–Kier alpha value is -1.55. The van der Waals surface area contributed by atoms with Gasteiger partial charge >= 0.3 is 6.09 Å². The molecule has 1 fully saturated rings.